The van der Waals surface area contributed by atoms with E-state index in [9.17, 15) is 14.7 Å². The van der Waals surface area contributed by atoms with Gasteiger partial charge in [-0.2, -0.15) is 0 Å². The van der Waals surface area contributed by atoms with Gasteiger partial charge in [-0.05, 0) is 30.7 Å². The predicted molar refractivity (Wildman–Crippen MR) is 104 cm³/mol. The van der Waals surface area contributed by atoms with Crippen LogP contribution >= 0.6 is 0 Å². The molecule has 2 aromatic carbocycles. The number of aryl methyl sites for hydroxylation is 1. The fourth-order valence-electron chi connectivity index (χ4n) is 3.97. The van der Waals surface area contributed by atoms with E-state index < -0.39 is 6.04 Å². The third-order valence-electron chi connectivity index (χ3n) is 5.46. The van der Waals surface area contributed by atoms with Crippen LogP contribution in [0.15, 0.2) is 48.5 Å². The molecule has 2 heterocycles. The molecule has 2 amide bonds. The first kappa shape index (κ1) is 17.5. The number of imide groups is 1. The first-order valence-electron chi connectivity index (χ1n) is 9.25. The van der Waals surface area contributed by atoms with E-state index >= 15 is 0 Å². The normalized spacial score (nSPS) is 21.1. The van der Waals surface area contributed by atoms with Gasteiger partial charge in [0.2, 0.25) is 5.91 Å². The Morgan fingerprint density at radius 1 is 0.889 bits per heavy atom. The lowest BCUT2D eigenvalue weighted by Crippen LogP contribution is -2.52. The Labute approximate surface area is 158 Å². The van der Waals surface area contributed by atoms with Gasteiger partial charge in [0.15, 0.2) is 0 Å². The molecule has 6 heteroatoms. The maximum atomic E-state index is 13.0. The average molecular weight is 365 g/mol. The molecule has 2 fully saturated rings. The summed E-state index contributed by atoms with van der Waals surface area (Å²) in [6.45, 7) is 4.69. The number of carbonyl (C=O) groups is 2. The van der Waals surface area contributed by atoms with Crippen molar-refractivity contribution < 1.29 is 14.7 Å². The van der Waals surface area contributed by atoms with Crippen LogP contribution in [0.5, 0.6) is 5.75 Å². The van der Waals surface area contributed by atoms with Crippen molar-refractivity contribution in [3.63, 3.8) is 0 Å². The van der Waals surface area contributed by atoms with E-state index in [2.05, 4.69) is 9.80 Å². The molecule has 1 atom stereocenters. The lowest BCUT2D eigenvalue weighted by Gasteiger charge is -2.38. The van der Waals surface area contributed by atoms with Gasteiger partial charge in [0.25, 0.3) is 5.91 Å². The fraction of sp³-hybridized carbons (Fsp3) is 0.333. The van der Waals surface area contributed by atoms with Crippen molar-refractivity contribution in [2.75, 3.05) is 36.0 Å². The quantitative estimate of drug-likeness (QED) is 0.845. The summed E-state index contributed by atoms with van der Waals surface area (Å²) in [7, 11) is 0. The molecule has 0 aliphatic carbocycles. The second-order valence-electron chi connectivity index (χ2n) is 7.09. The number of amides is 2. The number of benzene rings is 2. The van der Waals surface area contributed by atoms with Crippen LogP contribution in [-0.4, -0.2) is 54.0 Å². The zero-order chi connectivity index (χ0) is 19.0. The molecule has 140 valence electrons. The van der Waals surface area contributed by atoms with Gasteiger partial charge in [0, 0.05) is 26.2 Å². The van der Waals surface area contributed by atoms with Gasteiger partial charge in [0.1, 0.15) is 5.75 Å². The highest BCUT2D eigenvalue weighted by Gasteiger charge is 2.43. The van der Waals surface area contributed by atoms with Gasteiger partial charge in [-0.15, -0.1) is 0 Å². The first-order chi connectivity index (χ1) is 13.1. The Kier molecular flexibility index (Phi) is 4.58. The van der Waals surface area contributed by atoms with Crippen LogP contribution < -0.4 is 9.80 Å². The highest BCUT2D eigenvalue weighted by Crippen LogP contribution is 2.31. The van der Waals surface area contributed by atoms with E-state index in [4.69, 9.17) is 0 Å². The van der Waals surface area contributed by atoms with E-state index in [0.717, 1.165) is 11.3 Å². The number of rotatable bonds is 3. The zero-order valence-electron chi connectivity index (χ0n) is 15.3. The lowest BCUT2D eigenvalue weighted by atomic mass is 10.1. The van der Waals surface area contributed by atoms with E-state index in [1.54, 1.807) is 12.1 Å². The molecule has 2 aliphatic heterocycles. The molecule has 6 nitrogen and oxygen atoms in total. The third kappa shape index (κ3) is 3.17. The topological polar surface area (TPSA) is 64.1 Å². The predicted octanol–water partition coefficient (Wildman–Crippen LogP) is 2.15. The summed E-state index contributed by atoms with van der Waals surface area (Å²) in [6.07, 6.45) is 0.226. The molecule has 0 spiro atoms. The minimum atomic E-state index is -0.399. The molecule has 4 rings (SSSR count). The number of phenolic OH excluding ortho intramolecular Hbond substituents is 1. The number of anilines is 2. The van der Waals surface area contributed by atoms with Crippen LogP contribution in [0.25, 0.3) is 0 Å². The van der Waals surface area contributed by atoms with Gasteiger partial charge >= 0.3 is 0 Å². The smallest absolute Gasteiger partial charge is 0.251 e. The second-order valence-corrected chi connectivity index (χ2v) is 7.09. The summed E-state index contributed by atoms with van der Waals surface area (Å²) >= 11 is 0. The minimum absolute atomic E-state index is 0.134. The van der Waals surface area contributed by atoms with Crippen LogP contribution in [0.1, 0.15) is 12.0 Å². The molecule has 2 saturated heterocycles. The summed E-state index contributed by atoms with van der Waals surface area (Å²) in [6, 6.07) is 14.4. The van der Waals surface area contributed by atoms with Crippen LogP contribution in [-0.2, 0) is 9.59 Å². The van der Waals surface area contributed by atoms with Gasteiger partial charge in [-0.1, -0.05) is 30.3 Å². The highest BCUT2D eigenvalue weighted by molar-refractivity contribution is 6.22. The molecule has 0 aromatic heterocycles. The van der Waals surface area contributed by atoms with Gasteiger partial charge in [-0.25, -0.2) is 4.90 Å². The number of hydrogen-bond acceptors (Lipinski definition) is 5. The highest BCUT2D eigenvalue weighted by atomic mass is 16.3. The average Bonchev–Trinajstić information content (AvgIpc) is 2.97. The van der Waals surface area contributed by atoms with Crippen LogP contribution in [0.2, 0.25) is 0 Å². The SMILES string of the molecule is Cc1ccccc1N1C(=O)C[C@H](N2CCN(c3ccccc3O)CC2)C1=O. The molecule has 1 N–H and O–H groups in total. The van der Waals surface area contributed by atoms with E-state index in [-0.39, 0.29) is 24.0 Å². The van der Waals surface area contributed by atoms with Gasteiger partial charge in [-0.3, -0.25) is 14.5 Å². The molecule has 27 heavy (non-hydrogen) atoms. The summed E-state index contributed by atoms with van der Waals surface area (Å²) in [5.41, 5.74) is 2.42. The summed E-state index contributed by atoms with van der Waals surface area (Å²) in [5, 5.41) is 10.0. The van der Waals surface area contributed by atoms with E-state index in [1.165, 1.54) is 4.90 Å². The van der Waals surface area contributed by atoms with Crippen molar-refractivity contribution >= 4 is 23.2 Å². The van der Waals surface area contributed by atoms with Crippen LogP contribution in [0.4, 0.5) is 11.4 Å². The number of nitrogens with zero attached hydrogens (tertiary/aromatic N) is 3. The minimum Gasteiger partial charge on any atom is -0.506 e. The molecule has 0 saturated carbocycles. The molecule has 0 radical (unpaired) electrons. The number of aromatic hydroxyl groups is 1. The van der Waals surface area contributed by atoms with Crippen molar-refractivity contribution in [3.05, 3.63) is 54.1 Å². The largest absolute Gasteiger partial charge is 0.506 e. The van der Waals surface area contributed by atoms with Crippen molar-refractivity contribution in [2.45, 2.75) is 19.4 Å². The van der Waals surface area contributed by atoms with E-state index in [0.29, 0.717) is 31.9 Å². The Morgan fingerprint density at radius 2 is 1.52 bits per heavy atom. The van der Waals surface area contributed by atoms with E-state index in [1.807, 2.05) is 43.3 Å². The number of phenols is 1. The standard InChI is InChI=1S/C21H23N3O3/c1-15-6-2-3-7-16(15)24-20(26)14-18(21(24)27)23-12-10-22(11-13-23)17-8-4-5-9-19(17)25/h2-9,18,25H,10-14H2,1H3/t18-/m0/s1. The lowest BCUT2D eigenvalue weighted by molar-refractivity contribution is -0.123. The maximum Gasteiger partial charge on any atom is 0.251 e. The molecular weight excluding hydrogens is 342 g/mol. The summed E-state index contributed by atoms with van der Waals surface area (Å²) in [4.78, 5) is 31.1. The zero-order valence-corrected chi connectivity index (χ0v) is 15.3. The van der Waals surface area contributed by atoms with Crippen molar-refractivity contribution in [1.29, 1.82) is 0 Å². The Bertz CT molecular complexity index is 874. The molecule has 2 aliphatic rings. The number of carbonyl (C=O) groups excluding carboxylic acids is 2. The van der Waals surface area contributed by atoms with Crippen molar-refractivity contribution in [2.24, 2.45) is 0 Å². The Morgan fingerprint density at radius 3 is 2.19 bits per heavy atom. The van der Waals surface area contributed by atoms with Crippen LogP contribution in [0, 0.1) is 6.92 Å². The monoisotopic (exact) mass is 365 g/mol. The molecule has 0 bridgehead atoms. The fourth-order valence-corrected chi connectivity index (χ4v) is 3.97. The second kappa shape index (κ2) is 7.04. The number of piperazine rings is 1. The summed E-state index contributed by atoms with van der Waals surface area (Å²) in [5.74, 6) is -0.00320. The Balaban J connectivity index is 1.46. The van der Waals surface area contributed by atoms with Crippen LogP contribution in [0.3, 0.4) is 0 Å². The Hall–Kier alpha value is -2.86. The van der Waals surface area contributed by atoms with Crippen molar-refractivity contribution in [3.8, 4) is 5.75 Å². The first-order valence-corrected chi connectivity index (χ1v) is 9.25. The molecule has 2 aromatic rings. The van der Waals surface area contributed by atoms with Gasteiger partial charge < -0.3 is 10.0 Å². The number of para-hydroxylation sites is 3. The van der Waals surface area contributed by atoms with Gasteiger partial charge in [0.05, 0.1) is 23.8 Å². The molecule has 0 unspecified atom stereocenters. The van der Waals surface area contributed by atoms with Crippen molar-refractivity contribution in [1.82, 2.24) is 4.90 Å². The molecular formula is C21H23N3O3. The summed E-state index contributed by atoms with van der Waals surface area (Å²) < 4.78 is 0. The maximum absolute atomic E-state index is 13.0. The number of hydrogen-bond donors (Lipinski definition) is 1. The third-order valence-corrected chi connectivity index (χ3v) is 5.46.